The average molecular weight is 317 g/mol. The highest BCUT2D eigenvalue weighted by atomic mass is 16.3. The molecule has 1 aliphatic carbocycles. The van der Waals surface area contributed by atoms with Crippen molar-refractivity contribution in [2.45, 2.75) is 45.1 Å². The van der Waals surface area contributed by atoms with Gasteiger partial charge in [0.1, 0.15) is 5.82 Å². The van der Waals surface area contributed by atoms with Crippen molar-refractivity contribution in [2.75, 3.05) is 24.5 Å². The molecule has 0 bridgehead atoms. The van der Waals surface area contributed by atoms with Crippen molar-refractivity contribution >= 4 is 11.7 Å². The summed E-state index contributed by atoms with van der Waals surface area (Å²) in [5.41, 5.74) is 0.589. The van der Waals surface area contributed by atoms with Gasteiger partial charge in [0, 0.05) is 31.7 Å². The van der Waals surface area contributed by atoms with Gasteiger partial charge >= 0.3 is 0 Å². The number of carbonyl (C=O) groups excluding carboxylic acids is 1. The van der Waals surface area contributed by atoms with Gasteiger partial charge in [0.25, 0.3) is 5.91 Å². The van der Waals surface area contributed by atoms with Crippen LogP contribution >= 0.6 is 0 Å². The van der Waals surface area contributed by atoms with Crippen molar-refractivity contribution in [3.8, 4) is 0 Å². The zero-order valence-electron chi connectivity index (χ0n) is 13.9. The van der Waals surface area contributed by atoms with Crippen molar-refractivity contribution < 1.29 is 9.90 Å². The number of nitrogens with zero attached hydrogens (tertiary/aromatic N) is 2. The van der Waals surface area contributed by atoms with Crippen LogP contribution < -0.4 is 10.2 Å². The van der Waals surface area contributed by atoms with E-state index in [-0.39, 0.29) is 17.9 Å². The first-order chi connectivity index (χ1) is 11.1. The first-order valence-corrected chi connectivity index (χ1v) is 8.81. The normalized spacial score (nSPS) is 25.6. The summed E-state index contributed by atoms with van der Waals surface area (Å²) in [7, 11) is 0. The third kappa shape index (κ3) is 4.02. The summed E-state index contributed by atoms with van der Waals surface area (Å²) in [5, 5.41) is 12.7. The van der Waals surface area contributed by atoms with Crippen molar-refractivity contribution in [1.82, 2.24) is 10.3 Å². The first-order valence-electron chi connectivity index (χ1n) is 8.81. The molecule has 1 aromatic rings. The molecule has 2 fully saturated rings. The Kier molecular flexibility index (Phi) is 5.16. The third-order valence-electron chi connectivity index (χ3n) is 5.26. The molecule has 2 unspecified atom stereocenters. The molecule has 1 aliphatic heterocycles. The van der Waals surface area contributed by atoms with Gasteiger partial charge in [0.2, 0.25) is 0 Å². The quantitative estimate of drug-likeness (QED) is 0.893. The zero-order valence-corrected chi connectivity index (χ0v) is 13.9. The topological polar surface area (TPSA) is 65.5 Å². The van der Waals surface area contributed by atoms with Gasteiger partial charge in [-0.2, -0.15) is 0 Å². The molecule has 1 saturated carbocycles. The predicted molar refractivity (Wildman–Crippen MR) is 90.5 cm³/mol. The molecular weight excluding hydrogens is 290 g/mol. The lowest BCUT2D eigenvalue weighted by Gasteiger charge is -2.31. The molecule has 2 aliphatic rings. The van der Waals surface area contributed by atoms with Crippen LogP contribution in [0.4, 0.5) is 5.82 Å². The molecule has 3 rings (SSSR count). The summed E-state index contributed by atoms with van der Waals surface area (Å²) in [6.07, 6.45) is 6.69. The molecule has 1 aromatic heterocycles. The van der Waals surface area contributed by atoms with Crippen LogP contribution in [0.15, 0.2) is 18.3 Å². The van der Waals surface area contributed by atoms with Crippen molar-refractivity contribution in [1.29, 1.82) is 0 Å². The number of hydrogen-bond donors (Lipinski definition) is 2. The molecule has 2 heterocycles. The second-order valence-electron chi connectivity index (χ2n) is 7.04. The number of anilines is 1. The fraction of sp³-hybridized carbons (Fsp3) is 0.667. The molecule has 23 heavy (non-hydrogen) atoms. The number of piperidine rings is 1. The standard InChI is InChI=1S/C18H27N3O2/c1-13-7-9-21(10-8-13)17-6-5-15(12-19-17)18(23)20-11-14-3-2-4-16(14)22/h5-6,12-14,16,22H,2-4,7-11H2,1H3,(H,20,23). The van der Waals surface area contributed by atoms with E-state index < -0.39 is 0 Å². The predicted octanol–water partition coefficient (Wildman–Crippen LogP) is 2.21. The van der Waals surface area contributed by atoms with E-state index in [4.69, 9.17) is 0 Å². The fourth-order valence-corrected chi connectivity index (χ4v) is 3.53. The highest BCUT2D eigenvalue weighted by Crippen LogP contribution is 2.25. The minimum atomic E-state index is -0.266. The summed E-state index contributed by atoms with van der Waals surface area (Å²) in [4.78, 5) is 18.9. The maximum Gasteiger partial charge on any atom is 0.252 e. The van der Waals surface area contributed by atoms with E-state index in [9.17, 15) is 9.90 Å². The molecule has 5 nitrogen and oxygen atoms in total. The maximum absolute atomic E-state index is 12.2. The Balaban J connectivity index is 1.53. The minimum Gasteiger partial charge on any atom is -0.393 e. The fourth-order valence-electron chi connectivity index (χ4n) is 3.53. The Morgan fingerprint density at radius 1 is 1.30 bits per heavy atom. The lowest BCUT2D eigenvalue weighted by atomic mass is 9.99. The molecule has 1 saturated heterocycles. The number of carbonyl (C=O) groups is 1. The Hall–Kier alpha value is -1.62. The number of aromatic nitrogens is 1. The Morgan fingerprint density at radius 2 is 2.09 bits per heavy atom. The van der Waals surface area contributed by atoms with E-state index in [0.717, 1.165) is 44.1 Å². The highest BCUT2D eigenvalue weighted by Gasteiger charge is 2.25. The molecule has 2 atom stereocenters. The van der Waals surface area contributed by atoms with Gasteiger partial charge in [-0.1, -0.05) is 13.3 Å². The maximum atomic E-state index is 12.2. The van der Waals surface area contributed by atoms with E-state index >= 15 is 0 Å². The van der Waals surface area contributed by atoms with Gasteiger partial charge in [0.15, 0.2) is 0 Å². The van der Waals surface area contributed by atoms with Crippen molar-refractivity contribution in [2.24, 2.45) is 11.8 Å². The Morgan fingerprint density at radius 3 is 2.70 bits per heavy atom. The third-order valence-corrected chi connectivity index (χ3v) is 5.26. The SMILES string of the molecule is CC1CCN(c2ccc(C(=O)NCC3CCCC3O)cn2)CC1. The molecule has 2 N–H and O–H groups in total. The molecule has 0 spiro atoms. The summed E-state index contributed by atoms with van der Waals surface area (Å²) < 4.78 is 0. The lowest BCUT2D eigenvalue weighted by Crippen LogP contribution is -2.34. The summed E-state index contributed by atoms with van der Waals surface area (Å²) in [5.74, 6) is 1.85. The minimum absolute atomic E-state index is 0.101. The van der Waals surface area contributed by atoms with Crippen LogP contribution in [0.2, 0.25) is 0 Å². The number of aliphatic hydroxyl groups excluding tert-OH is 1. The molecule has 0 aromatic carbocycles. The van der Waals surface area contributed by atoms with E-state index in [0.29, 0.717) is 12.1 Å². The first kappa shape index (κ1) is 16.2. The van der Waals surface area contributed by atoms with E-state index in [1.165, 1.54) is 12.8 Å². The van der Waals surface area contributed by atoms with E-state index in [2.05, 4.69) is 22.1 Å². The monoisotopic (exact) mass is 317 g/mol. The van der Waals surface area contributed by atoms with Gasteiger partial charge in [-0.05, 0) is 43.7 Å². The Bertz CT molecular complexity index is 524. The molecule has 5 heteroatoms. The zero-order chi connectivity index (χ0) is 16.2. The van der Waals surface area contributed by atoms with Gasteiger partial charge in [-0.3, -0.25) is 4.79 Å². The highest BCUT2D eigenvalue weighted by molar-refractivity contribution is 5.94. The van der Waals surface area contributed by atoms with Crippen LogP contribution in [0, 0.1) is 11.8 Å². The van der Waals surface area contributed by atoms with Crippen molar-refractivity contribution in [3.63, 3.8) is 0 Å². The van der Waals surface area contributed by atoms with Crippen LogP contribution in [0.3, 0.4) is 0 Å². The molecular formula is C18H27N3O2. The second-order valence-corrected chi connectivity index (χ2v) is 7.04. The summed E-state index contributed by atoms with van der Waals surface area (Å²) in [6, 6.07) is 3.79. The van der Waals surface area contributed by atoms with Gasteiger partial charge in [-0.15, -0.1) is 0 Å². The lowest BCUT2D eigenvalue weighted by molar-refractivity contribution is 0.0916. The number of rotatable bonds is 4. The number of hydrogen-bond acceptors (Lipinski definition) is 4. The van der Waals surface area contributed by atoms with Gasteiger partial charge in [-0.25, -0.2) is 4.98 Å². The number of amides is 1. The van der Waals surface area contributed by atoms with E-state index in [1.807, 2.05) is 12.1 Å². The van der Waals surface area contributed by atoms with E-state index in [1.54, 1.807) is 6.20 Å². The van der Waals surface area contributed by atoms with Crippen LogP contribution in [0.1, 0.15) is 49.4 Å². The van der Waals surface area contributed by atoms with Gasteiger partial charge in [0.05, 0.1) is 11.7 Å². The summed E-state index contributed by atoms with van der Waals surface area (Å²) in [6.45, 7) is 4.92. The molecule has 0 radical (unpaired) electrons. The average Bonchev–Trinajstić information content (AvgIpc) is 2.99. The molecule has 126 valence electrons. The molecule has 1 amide bonds. The number of pyridine rings is 1. The summed E-state index contributed by atoms with van der Waals surface area (Å²) >= 11 is 0. The van der Waals surface area contributed by atoms with Crippen LogP contribution in [0.5, 0.6) is 0 Å². The van der Waals surface area contributed by atoms with Crippen LogP contribution in [-0.2, 0) is 0 Å². The van der Waals surface area contributed by atoms with Crippen LogP contribution in [0.25, 0.3) is 0 Å². The Labute approximate surface area is 138 Å². The van der Waals surface area contributed by atoms with Crippen LogP contribution in [-0.4, -0.2) is 41.7 Å². The number of nitrogens with one attached hydrogen (secondary N) is 1. The smallest absolute Gasteiger partial charge is 0.252 e. The van der Waals surface area contributed by atoms with Crippen molar-refractivity contribution in [3.05, 3.63) is 23.9 Å². The number of aliphatic hydroxyl groups is 1. The van der Waals surface area contributed by atoms with Gasteiger partial charge < -0.3 is 15.3 Å². The second kappa shape index (κ2) is 7.30. The largest absolute Gasteiger partial charge is 0.393 e.